The number of aromatic nitrogens is 3. The molecule has 0 aliphatic carbocycles. The minimum atomic E-state index is -0.743. The third-order valence-corrected chi connectivity index (χ3v) is 5.10. The van der Waals surface area contributed by atoms with Crippen molar-refractivity contribution in [2.45, 2.75) is 26.3 Å². The molecule has 2 aromatic heterocycles. The SMILES string of the molecule is CC(C)C(NC(=O)Cc1ccc2ccccc2c1)C(=O)NNc1nc(-c2ccncc2)no1. The highest BCUT2D eigenvalue weighted by atomic mass is 16.5. The van der Waals surface area contributed by atoms with Gasteiger partial charge in [-0.3, -0.25) is 20.0 Å². The van der Waals surface area contributed by atoms with Gasteiger partial charge in [0.05, 0.1) is 6.42 Å². The van der Waals surface area contributed by atoms with Crippen LogP contribution in [0.25, 0.3) is 22.2 Å². The topological polar surface area (TPSA) is 122 Å². The summed E-state index contributed by atoms with van der Waals surface area (Å²) >= 11 is 0. The summed E-state index contributed by atoms with van der Waals surface area (Å²) in [6.45, 7) is 3.71. The van der Waals surface area contributed by atoms with E-state index in [2.05, 4.69) is 31.3 Å². The lowest BCUT2D eigenvalue weighted by atomic mass is 10.0. The number of pyridine rings is 1. The van der Waals surface area contributed by atoms with E-state index in [1.54, 1.807) is 24.5 Å². The van der Waals surface area contributed by atoms with Gasteiger partial charge >= 0.3 is 6.01 Å². The van der Waals surface area contributed by atoms with E-state index >= 15 is 0 Å². The molecule has 2 amide bonds. The molecule has 2 aromatic carbocycles. The summed E-state index contributed by atoms with van der Waals surface area (Å²) in [4.78, 5) is 33.5. The predicted octanol–water partition coefficient (Wildman–Crippen LogP) is 3.11. The number of hydrogen-bond donors (Lipinski definition) is 3. The second-order valence-electron chi connectivity index (χ2n) is 7.92. The first kappa shape index (κ1) is 21.9. The van der Waals surface area contributed by atoms with E-state index in [4.69, 9.17) is 4.52 Å². The van der Waals surface area contributed by atoms with E-state index in [-0.39, 0.29) is 24.3 Å². The normalized spacial score (nSPS) is 11.8. The zero-order chi connectivity index (χ0) is 23.2. The molecule has 2 heterocycles. The molecule has 3 N–H and O–H groups in total. The van der Waals surface area contributed by atoms with Gasteiger partial charge in [0.1, 0.15) is 6.04 Å². The van der Waals surface area contributed by atoms with Gasteiger partial charge in [-0.25, -0.2) is 5.43 Å². The smallest absolute Gasteiger partial charge is 0.340 e. The van der Waals surface area contributed by atoms with Crippen LogP contribution >= 0.6 is 0 Å². The summed E-state index contributed by atoms with van der Waals surface area (Å²) in [6, 6.07) is 16.6. The fourth-order valence-corrected chi connectivity index (χ4v) is 3.38. The molecule has 9 heteroatoms. The average Bonchev–Trinajstić information content (AvgIpc) is 3.30. The van der Waals surface area contributed by atoms with Gasteiger partial charge in [-0.1, -0.05) is 61.5 Å². The molecule has 0 radical (unpaired) electrons. The number of carbonyl (C=O) groups excluding carboxylic acids is 2. The van der Waals surface area contributed by atoms with Gasteiger partial charge in [-0.15, -0.1) is 0 Å². The second-order valence-corrected chi connectivity index (χ2v) is 7.92. The first-order valence-electron chi connectivity index (χ1n) is 10.6. The van der Waals surface area contributed by atoms with Crippen molar-refractivity contribution in [3.8, 4) is 11.4 Å². The van der Waals surface area contributed by atoms with Crippen LogP contribution in [0.4, 0.5) is 6.01 Å². The first-order chi connectivity index (χ1) is 16.0. The second kappa shape index (κ2) is 9.90. The molecule has 0 spiro atoms. The molecule has 0 saturated heterocycles. The third-order valence-electron chi connectivity index (χ3n) is 5.10. The van der Waals surface area contributed by atoms with Gasteiger partial charge < -0.3 is 9.84 Å². The van der Waals surface area contributed by atoms with Crippen molar-refractivity contribution in [1.82, 2.24) is 25.9 Å². The molecule has 4 aromatic rings. The largest absolute Gasteiger partial charge is 0.344 e. The molecular formula is C24H24N6O3. The van der Waals surface area contributed by atoms with E-state index in [0.717, 1.165) is 21.9 Å². The number of hydrogen-bond acceptors (Lipinski definition) is 7. The highest BCUT2D eigenvalue weighted by Gasteiger charge is 2.24. The van der Waals surface area contributed by atoms with Gasteiger partial charge in [0.2, 0.25) is 11.7 Å². The van der Waals surface area contributed by atoms with Gasteiger partial charge in [0.15, 0.2) is 0 Å². The first-order valence-corrected chi connectivity index (χ1v) is 10.6. The Hall–Kier alpha value is -4.27. The molecule has 4 rings (SSSR count). The fourth-order valence-electron chi connectivity index (χ4n) is 3.38. The Morgan fingerprint density at radius 3 is 2.52 bits per heavy atom. The van der Waals surface area contributed by atoms with Crippen molar-refractivity contribution < 1.29 is 14.1 Å². The number of rotatable bonds is 8. The van der Waals surface area contributed by atoms with Gasteiger partial charge in [0, 0.05) is 18.0 Å². The molecule has 33 heavy (non-hydrogen) atoms. The summed E-state index contributed by atoms with van der Waals surface area (Å²) in [5.74, 6) is -0.432. The number of hydrazine groups is 1. The van der Waals surface area contributed by atoms with Crippen LogP contribution in [-0.2, 0) is 16.0 Å². The molecule has 0 fully saturated rings. The highest BCUT2D eigenvalue weighted by molar-refractivity contribution is 5.90. The molecule has 0 saturated carbocycles. The van der Waals surface area contributed by atoms with Crippen LogP contribution in [0, 0.1) is 5.92 Å². The third kappa shape index (κ3) is 5.51. The lowest BCUT2D eigenvalue weighted by Gasteiger charge is -2.21. The van der Waals surface area contributed by atoms with Gasteiger partial charge in [-0.05, 0) is 34.4 Å². The molecule has 0 bridgehead atoms. The van der Waals surface area contributed by atoms with Crippen molar-refractivity contribution in [3.05, 3.63) is 72.6 Å². The van der Waals surface area contributed by atoms with Crippen molar-refractivity contribution in [2.24, 2.45) is 5.92 Å². The van der Waals surface area contributed by atoms with E-state index in [9.17, 15) is 9.59 Å². The maximum Gasteiger partial charge on any atom is 0.340 e. The van der Waals surface area contributed by atoms with Gasteiger partial charge in [0.25, 0.3) is 5.91 Å². The van der Waals surface area contributed by atoms with E-state index < -0.39 is 11.9 Å². The number of carbonyl (C=O) groups is 2. The lowest BCUT2D eigenvalue weighted by molar-refractivity contribution is -0.129. The number of benzene rings is 2. The summed E-state index contributed by atoms with van der Waals surface area (Å²) in [5, 5.41) is 8.86. The molecule has 1 unspecified atom stereocenters. The fraction of sp³-hybridized carbons (Fsp3) is 0.208. The van der Waals surface area contributed by atoms with Crippen LogP contribution in [-0.4, -0.2) is 33.0 Å². The molecule has 1 atom stereocenters. The number of amides is 2. The number of nitrogens with one attached hydrogen (secondary N) is 3. The van der Waals surface area contributed by atoms with E-state index in [1.807, 2.05) is 56.3 Å². The predicted molar refractivity (Wildman–Crippen MR) is 124 cm³/mol. The Balaban J connectivity index is 1.35. The molecule has 0 aliphatic rings. The maximum atomic E-state index is 12.7. The van der Waals surface area contributed by atoms with Crippen LogP contribution in [0.3, 0.4) is 0 Å². The highest BCUT2D eigenvalue weighted by Crippen LogP contribution is 2.17. The Labute approximate surface area is 190 Å². The number of anilines is 1. The average molecular weight is 444 g/mol. The summed E-state index contributed by atoms with van der Waals surface area (Å²) < 4.78 is 5.11. The molecular weight excluding hydrogens is 420 g/mol. The Kier molecular flexibility index (Phi) is 6.58. The molecule has 0 aliphatic heterocycles. The number of fused-ring (bicyclic) bond motifs is 1. The monoisotopic (exact) mass is 444 g/mol. The molecule has 9 nitrogen and oxygen atoms in total. The zero-order valence-corrected chi connectivity index (χ0v) is 18.3. The Morgan fingerprint density at radius 2 is 1.76 bits per heavy atom. The minimum absolute atomic E-state index is 0.0279. The summed E-state index contributed by atoms with van der Waals surface area (Å²) in [5.41, 5.74) is 6.74. The lowest BCUT2D eigenvalue weighted by Crippen LogP contribution is -2.51. The van der Waals surface area contributed by atoms with Crippen LogP contribution in [0.1, 0.15) is 19.4 Å². The van der Waals surface area contributed by atoms with E-state index in [1.165, 1.54) is 0 Å². The zero-order valence-electron chi connectivity index (χ0n) is 18.3. The maximum absolute atomic E-state index is 12.7. The van der Waals surface area contributed by atoms with Crippen molar-refractivity contribution in [1.29, 1.82) is 0 Å². The van der Waals surface area contributed by atoms with Crippen LogP contribution in [0.15, 0.2) is 71.5 Å². The van der Waals surface area contributed by atoms with Crippen LogP contribution < -0.4 is 16.2 Å². The van der Waals surface area contributed by atoms with Crippen LogP contribution in [0.2, 0.25) is 0 Å². The van der Waals surface area contributed by atoms with Crippen LogP contribution in [0.5, 0.6) is 0 Å². The Morgan fingerprint density at radius 1 is 1.00 bits per heavy atom. The van der Waals surface area contributed by atoms with E-state index in [0.29, 0.717) is 5.82 Å². The van der Waals surface area contributed by atoms with Crippen molar-refractivity contribution in [3.63, 3.8) is 0 Å². The number of nitrogens with zero attached hydrogens (tertiary/aromatic N) is 3. The summed E-state index contributed by atoms with van der Waals surface area (Å²) in [6.07, 6.45) is 3.41. The van der Waals surface area contributed by atoms with Gasteiger partial charge in [-0.2, -0.15) is 4.98 Å². The quantitative estimate of drug-likeness (QED) is 0.357. The minimum Gasteiger partial charge on any atom is -0.344 e. The standard InChI is InChI=1S/C24H24N6O3/c1-15(2)21(26-20(31)14-16-7-8-17-5-3-4-6-19(17)13-16)23(32)28-29-24-27-22(30-33-24)18-9-11-25-12-10-18/h3-13,15,21H,14H2,1-2H3,(H,26,31)(H,28,32)(H,27,29,30). The Bertz CT molecular complexity index is 1260. The summed E-state index contributed by atoms with van der Waals surface area (Å²) in [7, 11) is 0. The van der Waals surface area contributed by atoms with Crippen molar-refractivity contribution >= 4 is 28.6 Å². The van der Waals surface area contributed by atoms with Crippen molar-refractivity contribution in [2.75, 3.05) is 5.43 Å². The molecule has 168 valence electrons.